The number of hydrogen-bond acceptors (Lipinski definition) is 4. The van der Waals surface area contributed by atoms with Crippen LogP contribution in [0.25, 0.3) is 0 Å². The number of aryl methyl sites for hydroxylation is 3. The number of ether oxygens (including phenoxy) is 1. The molecule has 6 nitrogen and oxygen atoms in total. The first kappa shape index (κ1) is 21.6. The molecule has 0 bridgehead atoms. The second kappa shape index (κ2) is 9.59. The summed E-state index contributed by atoms with van der Waals surface area (Å²) >= 11 is 0. The molecule has 1 heterocycles. The Morgan fingerprint density at radius 1 is 1.07 bits per heavy atom. The van der Waals surface area contributed by atoms with E-state index in [0.717, 1.165) is 22.3 Å². The minimum absolute atomic E-state index is 0.264. The Morgan fingerprint density at radius 2 is 1.83 bits per heavy atom. The molecule has 0 spiro atoms. The first-order chi connectivity index (χ1) is 14.4. The van der Waals surface area contributed by atoms with Crippen LogP contribution >= 0.6 is 0 Å². The van der Waals surface area contributed by atoms with Gasteiger partial charge < -0.3 is 20.7 Å². The molecule has 0 aliphatic carbocycles. The summed E-state index contributed by atoms with van der Waals surface area (Å²) in [5.41, 5.74) is 6.25. The summed E-state index contributed by atoms with van der Waals surface area (Å²) in [4.78, 5) is 25.3. The average molecular weight is 408 g/mol. The highest BCUT2D eigenvalue weighted by atomic mass is 16.5. The van der Waals surface area contributed by atoms with Gasteiger partial charge >= 0.3 is 12.0 Å². The summed E-state index contributed by atoms with van der Waals surface area (Å²) in [6, 6.07) is 13.3. The van der Waals surface area contributed by atoms with Crippen LogP contribution < -0.4 is 16.0 Å². The van der Waals surface area contributed by atoms with E-state index in [-0.39, 0.29) is 12.6 Å². The molecule has 0 saturated carbocycles. The van der Waals surface area contributed by atoms with E-state index in [1.54, 1.807) is 6.92 Å². The zero-order chi connectivity index (χ0) is 21.7. The fourth-order valence-electron chi connectivity index (χ4n) is 3.67. The zero-order valence-corrected chi connectivity index (χ0v) is 18.0. The number of urea groups is 1. The topological polar surface area (TPSA) is 79.5 Å². The largest absolute Gasteiger partial charge is 0.463 e. The maximum Gasteiger partial charge on any atom is 0.338 e. The van der Waals surface area contributed by atoms with Crippen molar-refractivity contribution in [2.24, 2.45) is 0 Å². The number of carbonyl (C=O) groups excluding carboxylic acids is 2. The van der Waals surface area contributed by atoms with Crippen molar-refractivity contribution in [2.45, 2.75) is 40.3 Å². The zero-order valence-electron chi connectivity index (χ0n) is 18.0. The van der Waals surface area contributed by atoms with E-state index in [1.807, 2.05) is 57.2 Å². The van der Waals surface area contributed by atoms with Gasteiger partial charge in [0.2, 0.25) is 0 Å². The van der Waals surface area contributed by atoms with Crippen LogP contribution in [0, 0.1) is 20.8 Å². The molecule has 1 aliphatic heterocycles. The molecule has 0 unspecified atom stereocenters. The van der Waals surface area contributed by atoms with Crippen LogP contribution in [0.15, 0.2) is 53.7 Å². The van der Waals surface area contributed by atoms with Gasteiger partial charge in [0, 0.05) is 18.8 Å². The number of nitrogens with one attached hydrogen (secondary N) is 3. The van der Waals surface area contributed by atoms with Crippen LogP contribution in [0.1, 0.15) is 40.8 Å². The summed E-state index contributed by atoms with van der Waals surface area (Å²) in [5, 5.41) is 9.04. The standard InChI is InChI=1S/C24H29N3O3/c1-5-30-23(28)21-20(14-25-13-18-8-6-7-15(2)11-18)26-24(29)27-22(21)19-12-16(3)9-10-17(19)4/h6-12,22,25H,5,13-14H2,1-4H3,(H2,26,27,29)/t22-/m0/s1. The van der Waals surface area contributed by atoms with Crippen molar-refractivity contribution in [2.75, 3.05) is 13.2 Å². The van der Waals surface area contributed by atoms with Gasteiger partial charge in [-0.15, -0.1) is 0 Å². The van der Waals surface area contributed by atoms with E-state index in [4.69, 9.17) is 4.74 Å². The molecule has 0 fully saturated rings. The maximum absolute atomic E-state index is 12.9. The number of benzene rings is 2. The van der Waals surface area contributed by atoms with Crippen LogP contribution in [0.2, 0.25) is 0 Å². The predicted molar refractivity (Wildman–Crippen MR) is 117 cm³/mol. The van der Waals surface area contributed by atoms with Crippen molar-refractivity contribution in [1.29, 1.82) is 0 Å². The Bertz CT molecular complexity index is 981. The van der Waals surface area contributed by atoms with Crippen molar-refractivity contribution in [3.8, 4) is 0 Å². The Balaban J connectivity index is 1.92. The third kappa shape index (κ3) is 5.07. The van der Waals surface area contributed by atoms with Crippen LogP contribution in [0.4, 0.5) is 4.79 Å². The summed E-state index contributed by atoms with van der Waals surface area (Å²) in [6.45, 7) is 9.02. The molecule has 2 aromatic carbocycles. The van der Waals surface area contributed by atoms with Crippen molar-refractivity contribution in [3.63, 3.8) is 0 Å². The Labute approximate surface area is 177 Å². The van der Waals surface area contributed by atoms with E-state index in [0.29, 0.717) is 24.4 Å². The Kier molecular flexibility index (Phi) is 6.90. The van der Waals surface area contributed by atoms with Gasteiger partial charge in [0.15, 0.2) is 0 Å². The highest BCUT2D eigenvalue weighted by Crippen LogP contribution is 2.30. The smallest absolute Gasteiger partial charge is 0.338 e. The first-order valence-electron chi connectivity index (χ1n) is 10.2. The predicted octanol–water partition coefficient (Wildman–Crippen LogP) is 3.57. The minimum atomic E-state index is -0.562. The highest BCUT2D eigenvalue weighted by molar-refractivity contribution is 5.95. The molecule has 6 heteroatoms. The number of rotatable bonds is 7. The molecule has 30 heavy (non-hydrogen) atoms. The van der Waals surface area contributed by atoms with E-state index < -0.39 is 12.0 Å². The molecular weight excluding hydrogens is 378 g/mol. The van der Waals surface area contributed by atoms with Gasteiger partial charge in [0.1, 0.15) is 0 Å². The van der Waals surface area contributed by atoms with Crippen LogP contribution in [-0.4, -0.2) is 25.2 Å². The molecule has 3 N–H and O–H groups in total. The Hall–Kier alpha value is -3.12. The van der Waals surface area contributed by atoms with Gasteiger partial charge in [0.25, 0.3) is 0 Å². The molecule has 0 radical (unpaired) electrons. The van der Waals surface area contributed by atoms with Crippen LogP contribution in [0.5, 0.6) is 0 Å². The van der Waals surface area contributed by atoms with Crippen molar-refractivity contribution in [1.82, 2.24) is 16.0 Å². The molecule has 1 aliphatic rings. The monoisotopic (exact) mass is 407 g/mol. The normalized spacial score (nSPS) is 16.1. The molecule has 0 aromatic heterocycles. The van der Waals surface area contributed by atoms with E-state index in [2.05, 4.69) is 22.0 Å². The van der Waals surface area contributed by atoms with Crippen molar-refractivity contribution in [3.05, 3.63) is 81.6 Å². The molecule has 2 aromatic rings. The van der Waals surface area contributed by atoms with Gasteiger partial charge in [-0.25, -0.2) is 9.59 Å². The summed E-state index contributed by atoms with van der Waals surface area (Å²) in [5.74, 6) is -0.428. The van der Waals surface area contributed by atoms with Crippen molar-refractivity contribution < 1.29 is 14.3 Å². The lowest BCUT2D eigenvalue weighted by atomic mass is 9.91. The van der Waals surface area contributed by atoms with Crippen molar-refractivity contribution >= 4 is 12.0 Å². The molecule has 158 valence electrons. The minimum Gasteiger partial charge on any atom is -0.463 e. The fourth-order valence-corrected chi connectivity index (χ4v) is 3.67. The lowest BCUT2D eigenvalue weighted by molar-refractivity contribution is -0.139. The second-order valence-corrected chi connectivity index (χ2v) is 7.60. The molecule has 2 amide bonds. The maximum atomic E-state index is 12.9. The third-order valence-electron chi connectivity index (χ3n) is 5.11. The molecular formula is C24H29N3O3. The van der Waals surface area contributed by atoms with E-state index in [9.17, 15) is 9.59 Å². The first-order valence-corrected chi connectivity index (χ1v) is 10.2. The van der Waals surface area contributed by atoms with Gasteiger partial charge in [-0.05, 0) is 44.4 Å². The van der Waals surface area contributed by atoms with E-state index >= 15 is 0 Å². The lowest BCUT2D eigenvalue weighted by Crippen LogP contribution is -2.48. The van der Waals surface area contributed by atoms with Gasteiger partial charge in [-0.2, -0.15) is 0 Å². The van der Waals surface area contributed by atoms with Gasteiger partial charge in [-0.3, -0.25) is 0 Å². The van der Waals surface area contributed by atoms with Gasteiger partial charge in [-0.1, -0.05) is 53.6 Å². The lowest BCUT2D eigenvalue weighted by Gasteiger charge is -2.30. The summed E-state index contributed by atoms with van der Waals surface area (Å²) < 4.78 is 5.33. The summed E-state index contributed by atoms with van der Waals surface area (Å²) in [6.07, 6.45) is 0. The second-order valence-electron chi connectivity index (χ2n) is 7.60. The highest BCUT2D eigenvalue weighted by Gasteiger charge is 2.34. The van der Waals surface area contributed by atoms with Crippen LogP contribution in [-0.2, 0) is 16.1 Å². The molecule has 3 rings (SSSR count). The molecule has 1 atom stereocenters. The third-order valence-corrected chi connectivity index (χ3v) is 5.11. The number of amides is 2. The van der Waals surface area contributed by atoms with Crippen LogP contribution in [0.3, 0.4) is 0 Å². The quantitative estimate of drug-likeness (QED) is 0.613. The van der Waals surface area contributed by atoms with E-state index in [1.165, 1.54) is 5.56 Å². The SMILES string of the molecule is CCOC(=O)C1=C(CNCc2cccc(C)c2)NC(=O)N[C@H]1c1cc(C)ccc1C. The fraction of sp³-hybridized carbons (Fsp3) is 0.333. The Morgan fingerprint density at radius 3 is 2.57 bits per heavy atom. The summed E-state index contributed by atoms with van der Waals surface area (Å²) in [7, 11) is 0. The number of carbonyl (C=O) groups is 2. The average Bonchev–Trinajstić information content (AvgIpc) is 2.69. The number of esters is 1. The van der Waals surface area contributed by atoms with Gasteiger partial charge in [0.05, 0.1) is 18.2 Å². The number of hydrogen-bond donors (Lipinski definition) is 3. The molecule has 0 saturated heterocycles.